The minimum atomic E-state index is -1.03. The van der Waals surface area contributed by atoms with Crippen LogP contribution in [0.2, 0.25) is 0 Å². The number of aromatic amines is 1. The second kappa shape index (κ2) is 7.78. The molecule has 1 saturated carbocycles. The van der Waals surface area contributed by atoms with E-state index in [1.54, 1.807) is 6.20 Å². The van der Waals surface area contributed by atoms with Gasteiger partial charge in [-0.1, -0.05) is 0 Å². The van der Waals surface area contributed by atoms with Crippen molar-refractivity contribution < 1.29 is 13.9 Å². The molecule has 1 aromatic carbocycles. The van der Waals surface area contributed by atoms with E-state index < -0.39 is 12.1 Å². The Bertz CT molecular complexity index is 1110. The topological polar surface area (TPSA) is 79.9 Å². The number of H-pyrrole nitrogens is 1. The van der Waals surface area contributed by atoms with Crippen LogP contribution in [0.1, 0.15) is 38.0 Å². The molecule has 2 fully saturated rings. The van der Waals surface area contributed by atoms with Crippen molar-refractivity contribution in [3.8, 4) is 11.1 Å². The van der Waals surface area contributed by atoms with Crippen LogP contribution in [0, 0.1) is 11.8 Å². The molecule has 30 heavy (non-hydrogen) atoms. The number of aromatic nitrogens is 3. The molecule has 3 aromatic rings. The number of nitrogens with one attached hydrogen (secondary N) is 2. The van der Waals surface area contributed by atoms with Gasteiger partial charge in [-0.15, -0.1) is 0 Å². The number of benzene rings is 1. The maximum atomic E-state index is 13.2. The van der Waals surface area contributed by atoms with Crippen LogP contribution in [0.4, 0.5) is 10.2 Å². The van der Waals surface area contributed by atoms with Gasteiger partial charge in [0.2, 0.25) is 0 Å². The van der Waals surface area contributed by atoms with Crippen LogP contribution < -0.4 is 9.67 Å². The van der Waals surface area contributed by atoms with Gasteiger partial charge in [0, 0.05) is 0 Å². The van der Waals surface area contributed by atoms with Crippen molar-refractivity contribution in [1.29, 1.82) is 0 Å². The van der Waals surface area contributed by atoms with Crippen molar-refractivity contribution >= 4 is 43.7 Å². The maximum absolute atomic E-state index is 13.2. The Morgan fingerprint density at radius 2 is 2.13 bits per heavy atom. The van der Waals surface area contributed by atoms with Gasteiger partial charge in [0.25, 0.3) is 0 Å². The molecular formula is C22H22AsFN4O2. The van der Waals surface area contributed by atoms with E-state index in [1.807, 2.05) is 12.3 Å². The summed E-state index contributed by atoms with van der Waals surface area (Å²) in [5, 5.41) is 12.1. The molecule has 2 radical (unpaired) electrons. The average Bonchev–Trinajstić information content (AvgIpc) is 3.26. The van der Waals surface area contributed by atoms with E-state index in [-0.39, 0.29) is 12.0 Å². The summed E-state index contributed by atoms with van der Waals surface area (Å²) in [6.07, 6.45) is 4.96. The number of alkyl halides is 1. The van der Waals surface area contributed by atoms with Gasteiger partial charge in [0.15, 0.2) is 0 Å². The fraction of sp³-hybridized carbons (Fsp3) is 0.409. The number of carbonyl (C=O) groups excluding carboxylic acids is 1. The first-order valence-corrected chi connectivity index (χ1v) is 11.2. The first kappa shape index (κ1) is 19.7. The van der Waals surface area contributed by atoms with Crippen LogP contribution >= 0.6 is 0 Å². The number of ether oxygens (including phenoxy) is 1. The Labute approximate surface area is 182 Å². The summed E-state index contributed by atoms with van der Waals surface area (Å²) in [6, 6.07) is 6.00. The zero-order valence-electron chi connectivity index (χ0n) is 16.6. The quantitative estimate of drug-likeness (QED) is 0.577. The van der Waals surface area contributed by atoms with E-state index >= 15 is 0 Å². The summed E-state index contributed by atoms with van der Waals surface area (Å²) in [4.78, 5) is 16.4. The van der Waals surface area contributed by atoms with Crippen molar-refractivity contribution in [3.05, 3.63) is 36.3 Å². The van der Waals surface area contributed by atoms with Gasteiger partial charge in [-0.2, -0.15) is 0 Å². The van der Waals surface area contributed by atoms with Crippen LogP contribution in [-0.2, 0) is 9.53 Å². The van der Waals surface area contributed by atoms with Gasteiger partial charge in [-0.25, -0.2) is 0 Å². The summed E-state index contributed by atoms with van der Waals surface area (Å²) in [5.74, 6) is 0.169. The molecule has 1 aliphatic carbocycles. The van der Waals surface area contributed by atoms with Gasteiger partial charge in [0.1, 0.15) is 0 Å². The normalized spacial score (nSPS) is 26.0. The molecule has 3 heterocycles. The van der Waals surface area contributed by atoms with Crippen molar-refractivity contribution in [3.63, 3.8) is 0 Å². The molecular weight excluding hydrogens is 446 g/mol. The van der Waals surface area contributed by atoms with Crippen molar-refractivity contribution in [2.24, 2.45) is 11.8 Å². The number of fused-ring (bicyclic) bond motifs is 1. The van der Waals surface area contributed by atoms with Gasteiger partial charge in [-0.05, 0) is 0 Å². The van der Waals surface area contributed by atoms with Crippen molar-refractivity contribution in [1.82, 2.24) is 15.2 Å². The average molecular weight is 468 g/mol. The zero-order valence-corrected chi connectivity index (χ0v) is 18.4. The zero-order chi connectivity index (χ0) is 20.8. The number of carbonyl (C=O) groups is 1. The van der Waals surface area contributed by atoms with E-state index in [2.05, 4.69) is 56.4 Å². The van der Waals surface area contributed by atoms with E-state index in [0.717, 1.165) is 51.4 Å². The number of pyridine rings is 1. The minimum absolute atomic E-state index is 0.0173. The molecule has 2 aliphatic rings. The first-order chi connectivity index (χ1) is 14.5. The number of amides is 1. The summed E-state index contributed by atoms with van der Waals surface area (Å²) in [5.41, 5.74) is 3.04. The Morgan fingerprint density at radius 3 is 2.87 bits per heavy atom. The Hall–Kier alpha value is -2.24. The number of anilines is 1. The molecule has 154 valence electrons. The molecule has 2 N–H and O–H groups in total. The third-order valence-corrected chi connectivity index (χ3v) is 6.70. The van der Waals surface area contributed by atoms with Crippen molar-refractivity contribution in [2.75, 3.05) is 11.9 Å². The third kappa shape index (κ3) is 3.77. The second-order valence-corrected chi connectivity index (χ2v) is 9.35. The van der Waals surface area contributed by atoms with E-state index in [0.29, 0.717) is 18.2 Å². The fourth-order valence-electron chi connectivity index (χ4n) is 4.00. The van der Waals surface area contributed by atoms with Crippen LogP contribution in [-0.4, -0.2) is 50.7 Å². The number of hydrogen-bond donors (Lipinski definition) is 2. The molecule has 6 nitrogen and oxygen atoms in total. The number of hydrogen-bond acceptors (Lipinski definition) is 4. The third-order valence-electron chi connectivity index (χ3n) is 5.92. The molecule has 0 spiro atoms. The van der Waals surface area contributed by atoms with Gasteiger partial charge in [-0.3, -0.25) is 0 Å². The molecule has 1 saturated heterocycles. The van der Waals surface area contributed by atoms with Crippen LogP contribution in [0.5, 0.6) is 0 Å². The molecule has 1 unspecified atom stereocenters. The van der Waals surface area contributed by atoms with Crippen LogP contribution in [0.25, 0.3) is 21.9 Å². The monoisotopic (exact) mass is 468 g/mol. The van der Waals surface area contributed by atoms with E-state index in [1.165, 1.54) is 0 Å². The molecule has 4 atom stereocenters. The molecule has 0 bridgehead atoms. The standard InChI is InChI=1S/C22H22AsFN4O2/c1-11-2-3-19(30-10-11)21-16(9-26-28-21)12-4-13-6-20(25-8-15(13)17(23)5-12)27-22(29)14-7-18(14)24/h4-6,8-9,11,14,18-19H,2-3,7,10H2,1H3,(H,26,28)(H,25,27,29)/t11-,14-,18+,19?/m0/s1. The molecule has 1 amide bonds. The van der Waals surface area contributed by atoms with E-state index in [4.69, 9.17) is 4.74 Å². The van der Waals surface area contributed by atoms with E-state index in [9.17, 15) is 9.18 Å². The Morgan fingerprint density at radius 1 is 1.30 bits per heavy atom. The number of rotatable bonds is 4. The van der Waals surface area contributed by atoms with Gasteiger partial charge >= 0.3 is 182 Å². The predicted molar refractivity (Wildman–Crippen MR) is 113 cm³/mol. The fourth-order valence-corrected chi connectivity index (χ4v) is 4.68. The van der Waals surface area contributed by atoms with Crippen LogP contribution in [0.3, 0.4) is 0 Å². The molecule has 2 aromatic heterocycles. The summed E-state index contributed by atoms with van der Waals surface area (Å²) >= 11 is 2.58. The van der Waals surface area contributed by atoms with Crippen molar-refractivity contribution in [2.45, 2.75) is 38.5 Å². The second-order valence-electron chi connectivity index (χ2n) is 8.34. The molecule has 5 rings (SSSR count). The predicted octanol–water partition coefficient (Wildman–Crippen LogP) is 3.20. The molecule has 1 aliphatic heterocycles. The summed E-state index contributed by atoms with van der Waals surface area (Å²) in [7, 11) is 0. The van der Waals surface area contributed by atoms with Gasteiger partial charge in [0.05, 0.1) is 0 Å². The van der Waals surface area contributed by atoms with Crippen LogP contribution in [0.15, 0.2) is 30.6 Å². The number of nitrogens with zero attached hydrogens (tertiary/aromatic N) is 2. The first-order valence-electron chi connectivity index (χ1n) is 10.2. The Balaban J connectivity index is 1.47. The SMILES string of the molecule is C[C@H]1CCC(c2[nH]ncc2-c2cc([As])c3cnc(NC(=O)[C@H]4C[C@H]4F)cc3c2)OC1. The molecule has 8 heteroatoms. The number of halogens is 1. The Kier molecular flexibility index (Phi) is 5.11. The van der Waals surface area contributed by atoms with Gasteiger partial charge < -0.3 is 0 Å². The summed E-state index contributed by atoms with van der Waals surface area (Å²) < 4.78 is 20.2. The summed E-state index contributed by atoms with van der Waals surface area (Å²) in [6.45, 7) is 2.96.